The van der Waals surface area contributed by atoms with Crippen LogP contribution >= 0.6 is 0 Å². The molecule has 1 atom stereocenters. The highest BCUT2D eigenvalue weighted by Gasteiger charge is 2.34. The molecule has 5 heterocycles. The van der Waals surface area contributed by atoms with Crippen LogP contribution in [0.5, 0.6) is 5.88 Å². The fraction of sp³-hybridized carbons (Fsp3) is 0.263. The summed E-state index contributed by atoms with van der Waals surface area (Å²) in [6.45, 7) is 0.00469. The molecule has 0 aliphatic carbocycles. The second-order valence-electron chi connectivity index (χ2n) is 6.96. The van der Waals surface area contributed by atoms with E-state index in [0.29, 0.717) is 27.9 Å². The number of rotatable bonds is 3. The Kier molecular flexibility index (Phi) is 4.04. The second kappa shape index (κ2) is 6.64. The first-order valence-electron chi connectivity index (χ1n) is 9.08. The Morgan fingerprint density at radius 1 is 1.37 bits per heavy atom. The zero-order chi connectivity index (χ0) is 21.0. The van der Waals surface area contributed by atoms with Crippen molar-refractivity contribution in [2.45, 2.75) is 19.1 Å². The van der Waals surface area contributed by atoms with Crippen LogP contribution in [0.15, 0.2) is 24.5 Å². The van der Waals surface area contributed by atoms with Gasteiger partial charge in [0.25, 0.3) is 6.43 Å². The summed E-state index contributed by atoms with van der Waals surface area (Å²) >= 11 is 0. The van der Waals surface area contributed by atoms with E-state index < -0.39 is 18.2 Å². The number of aliphatic hydroxyl groups is 1. The van der Waals surface area contributed by atoms with E-state index in [4.69, 9.17) is 4.74 Å². The SMILES string of the molecule is Cn1cc(-c2c(-c3c(C(F)F)nn4c3OCC(O)C4)[nH]c3ncccc23)c(C#N)n1. The highest BCUT2D eigenvalue weighted by molar-refractivity contribution is 6.04. The van der Waals surface area contributed by atoms with Crippen molar-refractivity contribution in [3.05, 3.63) is 35.9 Å². The van der Waals surface area contributed by atoms with Gasteiger partial charge in [0.05, 0.1) is 17.8 Å². The molecule has 4 aromatic heterocycles. The van der Waals surface area contributed by atoms with Crippen molar-refractivity contribution in [1.82, 2.24) is 29.5 Å². The van der Waals surface area contributed by atoms with Gasteiger partial charge in [-0.1, -0.05) is 0 Å². The Hall–Kier alpha value is -3.78. The van der Waals surface area contributed by atoms with Crippen molar-refractivity contribution in [1.29, 1.82) is 5.26 Å². The maximum Gasteiger partial charge on any atom is 0.282 e. The van der Waals surface area contributed by atoms with Crippen LogP contribution in [0.25, 0.3) is 33.4 Å². The number of ether oxygens (including phenoxy) is 1. The molecule has 1 unspecified atom stereocenters. The standard InChI is InChI=1S/C19H15F2N7O2/c1-27-7-11(12(5-22)25-27)13-10-3-2-4-23-18(10)24-15(13)14-16(17(20)21)26-28-6-9(29)8-30-19(14)28/h2-4,7,9,17,29H,6,8H2,1H3,(H,23,24). The lowest BCUT2D eigenvalue weighted by atomic mass is 9.99. The highest BCUT2D eigenvalue weighted by atomic mass is 19.3. The van der Waals surface area contributed by atoms with Crippen LogP contribution in [-0.2, 0) is 13.6 Å². The summed E-state index contributed by atoms with van der Waals surface area (Å²) in [5, 5.41) is 28.2. The number of nitriles is 1. The smallest absolute Gasteiger partial charge is 0.282 e. The molecule has 1 aliphatic heterocycles. The first-order valence-corrected chi connectivity index (χ1v) is 9.08. The summed E-state index contributed by atoms with van der Waals surface area (Å²) in [6, 6.07) is 5.56. The van der Waals surface area contributed by atoms with E-state index in [-0.39, 0.29) is 30.3 Å². The molecule has 0 saturated heterocycles. The van der Waals surface area contributed by atoms with Crippen LogP contribution in [0.4, 0.5) is 8.78 Å². The first kappa shape index (κ1) is 18.3. The summed E-state index contributed by atoms with van der Waals surface area (Å²) < 4.78 is 36.2. The van der Waals surface area contributed by atoms with Gasteiger partial charge in [-0.3, -0.25) is 4.68 Å². The van der Waals surface area contributed by atoms with E-state index in [1.807, 2.05) is 6.07 Å². The van der Waals surface area contributed by atoms with Crippen LogP contribution < -0.4 is 4.74 Å². The van der Waals surface area contributed by atoms with Crippen LogP contribution in [-0.4, -0.2) is 47.3 Å². The molecule has 4 aromatic rings. The lowest BCUT2D eigenvalue weighted by Gasteiger charge is -2.20. The van der Waals surface area contributed by atoms with Crippen LogP contribution in [0, 0.1) is 11.3 Å². The number of nitrogens with zero attached hydrogens (tertiary/aromatic N) is 6. The normalized spacial score (nSPS) is 15.9. The molecular formula is C19H15F2N7O2. The molecule has 5 rings (SSSR count). The van der Waals surface area contributed by atoms with E-state index in [1.165, 1.54) is 9.36 Å². The summed E-state index contributed by atoms with van der Waals surface area (Å²) in [5.41, 5.74) is 1.51. The fourth-order valence-electron chi connectivity index (χ4n) is 3.79. The molecule has 11 heteroatoms. The van der Waals surface area contributed by atoms with Gasteiger partial charge in [-0.05, 0) is 12.1 Å². The van der Waals surface area contributed by atoms with E-state index in [9.17, 15) is 19.1 Å². The van der Waals surface area contributed by atoms with Crippen molar-refractivity contribution >= 4 is 11.0 Å². The lowest BCUT2D eigenvalue weighted by Crippen LogP contribution is -2.30. The van der Waals surface area contributed by atoms with Gasteiger partial charge in [0, 0.05) is 36.0 Å². The Morgan fingerprint density at radius 2 is 2.20 bits per heavy atom. The number of fused-ring (bicyclic) bond motifs is 2. The average Bonchev–Trinajstić information content (AvgIpc) is 3.39. The maximum atomic E-state index is 13.9. The predicted octanol–water partition coefficient (Wildman–Crippen LogP) is 2.39. The first-order chi connectivity index (χ1) is 14.5. The van der Waals surface area contributed by atoms with Gasteiger partial charge in [0.2, 0.25) is 5.88 Å². The molecule has 0 spiro atoms. The minimum absolute atomic E-state index is 0.0362. The minimum Gasteiger partial charge on any atom is -0.475 e. The summed E-state index contributed by atoms with van der Waals surface area (Å²) in [4.78, 5) is 7.39. The molecule has 9 nitrogen and oxygen atoms in total. The number of pyridine rings is 1. The van der Waals surface area contributed by atoms with E-state index in [0.717, 1.165) is 0 Å². The number of aliphatic hydroxyl groups excluding tert-OH is 1. The highest BCUT2D eigenvalue weighted by Crippen LogP contribution is 2.46. The molecular weight excluding hydrogens is 396 g/mol. The largest absolute Gasteiger partial charge is 0.475 e. The summed E-state index contributed by atoms with van der Waals surface area (Å²) in [7, 11) is 1.67. The van der Waals surface area contributed by atoms with Crippen LogP contribution in [0.1, 0.15) is 17.8 Å². The van der Waals surface area contributed by atoms with Crippen molar-refractivity contribution < 1.29 is 18.6 Å². The van der Waals surface area contributed by atoms with Gasteiger partial charge in [0.15, 0.2) is 5.69 Å². The number of halogens is 2. The molecule has 1 aliphatic rings. The average molecular weight is 411 g/mol. The summed E-state index contributed by atoms with van der Waals surface area (Å²) in [5.74, 6) is 0.130. The molecule has 0 radical (unpaired) electrons. The lowest BCUT2D eigenvalue weighted by molar-refractivity contribution is 0.0556. The third-order valence-electron chi connectivity index (χ3n) is 4.96. The van der Waals surface area contributed by atoms with E-state index in [2.05, 4.69) is 20.2 Å². The van der Waals surface area contributed by atoms with Gasteiger partial charge < -0.3 is 14.8 Å². The molecule has 0 saturated carbocycles. The maximum absolute atomic E-state index is 13.9. The number of nitrogens with one attached hydrogen (secondary N) is 1. The zero-order valence-electron chi connectivity index (χ0n) is 15.7. The van der Waals surface area contributed by atoms with Crippen molar-refractivity contribution in [3.63, 3.8) is 0 Å². The number of alkyl halides is 2. The van der Waals surface area contributed by atoms with Gasteiger partial charge >= 0.3 is 0 Å². The van der Waals surface area contributed by atoms with Crippen molar-refractivity contribution in [2.24, 2.45) is 7.05 Å². The number of aromatic amines is 1. The van der Waals surface area contributed by atoms with Gasteiger partial charge in [0.1, 0.15) is 30.1 Å². The van der Waals surface area contributed by atoms with Gasteiger partial charge in [-0.2, -0.15) is 15.5 Å². The molecule has 0 amide bonds. The molecule has 0 aromatic carbocycles. The number of hydrogen-bond donors (Lipinski definition) is 2. The van der Waals surface area contributed by atoms with E-state index >= 15 is 0 Å². The zero-order valence-corrected chi connectivity index (χ0v) is 15.7. The molecule has 152 valence electrons. The third-order valence-corrected chi connectivity index (χ3v) is 4.96. The third kappa shape index (κ3) is 2.65. The molecule has 2 N–H and O–H groups in total. The number of H-pyrrole nitrogens is 1. The Labute approximate surface area is 168 Å². The Bertz CT molecular complexity index is 1310. The number of aromatic nitrogens is 6. The van der Waals surface area contributed by atoms with Gasteiger partial charge in [-0.15, -0.1) is 0 Å². The molecule has 0 bridgehead atoms. The van der Waals surface area contributed by atoms with Crippen LogP contribution in [0.2, 0.25) is 0 Å². The van der Waals surface area contributed by atoms with Crippen molar-refractivity contribution in [2.75, 3.05) is 6.61 Å². The quantitative estimate of drug-likeness (QED) is 0.535. The van der Waals surface area contributed by atoms with E-state index in [1.54, 1.807) is 31.6 Å². The Balaban J connectivity index is 1.87. The topological polar surface area (TPSA) is 118 Å². The summed E-state index contributed by atoms with van der Waals surface area (Å²) in [6.07, 6.45) is -0.492. The minimum atomic E-state index is -2.88. The number of aryl methyl sites for hydroxylation is 1. The fourth-order valence-corrected chi connectivity index (χ4v) is 3.79. The molecule has 30 heavy (non-hydrogen) atoms. The van der Waals surface area contributed by atoms with Crippen LogP contribution in [0.3, 0.4) is 0 Å². The molecule has 0 fully saturated rings. The van der Waals surface area contributed by atoms with Gasteiger partial charge in [-0.25, -0.2) is 18.4 Å². The number of hydrogen-bond acceptors (Lipinski definition) is 6. The second-order valence-corrected chi connectivity index (χ2v) is 6.96. The Morgan fingerprint density at radius 3 is 2.97 bits per heavy atom. The predicted molar refractivity (Wildman–Crippen MR) is 101 cm³/mol. The van der Waals surface area contributed by atoms with Crippen molar-refractivity contribution in [3.8, 4) is 34.3 Å². The monoisotopic (exact) mass is 411 g/mol.